The summed E-state index contributed by atoms with van der Waals surface area (Å²) < 4.78 is 4.00. The van der Waals surface area contributed by atoms with Crippen LogP contribution in [0, 0.1) is 13.8 Å². The largest absolute Gasteiger partial charge is 0.352 e. The predicted molar refractivity (Wildman–Crippen MR) is 116 cm³/mol. The molecule has 30 heavy (non-hydrogen) atoms. The van der Waals surface area contributed by atoms with Crippen LogP contribution in [-0.4, -0.2) is 40.3 Å². The number of para-hydroxylation sites is 2. The highest BCUT2D eigenvalue weighted by Gasteiger charge is 2.44. The van der Waals surface area contributed by atoms with E-state index in [0.29, 0.717) is 17.8 Å². The minimum Gasteiger partial charge on any atom is -0.352 e. The van der Waals surface area contributed by atoms with Gasteiger partial charge in [0.05, 0.1) is 16.7 Å². The Bertz CT molecular complexity index is 1240. The first kappa shape index (κ1) is 18.7. The van der Waals surface area contributed by atoms with Crippen molar-refractivity contribution >= 4 is 17.0 Å². The van der Waals surface area contributed by atoms with E-state index in [1.54, 1.807) is 4.68 Å². The highest BCUT2D eigenvalue weighted by molar-refractivity contribution is 5.76. The zero-order chi connectivity index (χ0) is 21.0. The van der Waals surface area contributed by atoms with Crippen molar-refractivity contribution < 1.29 is 0 Å². The monoisotopic (exact) mass is 402 g/mol. The van der Waals surface area contributed by atoms with Gasteiger partial charge in [-0.1, -0.05) is 12.1 Å². The predicted octanol–water partition coefficient (Wildman–Crippen LogP) is 3.65. The summed E-state index contributed by atoms with van der Waals surface area (Å²) in [5.41, 5.74) is 3.23. The van der Waals surface area contributed by atoms with E-state index in [9.17, 15) is 0 Å². The molecule has 3 heterocycles. The molecule has 0 unspecified atom stereocenters. The molecule has 1 aliphatic rings. The van der Waals surface area contributed by atoms with Gasteiger partial charge >= 0.3 is 0 Å². The highest BCUT2D eigenvalue weighted by Crippen LogP contribution is 2.54. The molecule has 5 rings (SSSR count). The van der Waals surface area contributed by atoms with Gasteiger partial charge in [-0.3, -0.25) is 0 Å². The molecular weight excluding hydrogens is 376 g/mol. The smallest absolute Gasteiger partial charge is 0.225 e. The van der Waals surface area contributed by atoms with Gasteiger partial charge in [-0.25, -0.2) is 15.0 Å². The number of aryl methyl sites for hydroxylation is 3. The number of nitrogens with zero attached hydrogens (tertiary/aromatic N) is 7. The third kappa shape index (κ3) is 3.22. The van der Waals surface area contributed by atoms with E-state index in [1.807, 2.05) is 26.0 Å². The molecule has 0 aliphatic heterocycles. The quantitative estimate of drug-likeness (QED) is 0.548. The molecule has 1 fully saturated rings. The van der Waals surface area contributed by atoms with Gasteiger partial charge in [0.2, 0.25) is 5.95 Å². The van der Waals surface area contributed by atoms with Crippen molar-refractivity contribution in [3.63, 3.8) is 0 Å². The summed E-state index contributed by atoms with van der Waals surface area (Å²) in [4.78, 5) is 18.9. The first-order valence-corrected chi connectivity index (χ1v) is 10.4. The second kappa shape index (κ2) is 6.90. The van der Waals surface area contributed by atoms with Gasteiger partial charge in [0.15, 0.2) is 5.82 Å². The van der Waals surface area contributed by atoms with E-state index in [4.69, 9.17) is 15.0 Å². The number of nitrogens with one attached hydrogen (secondary N) is 1. The Hall–Kier alpha value is -3.29. The Labute approximate surface area is 175 Å². The minimum absolute atomic E-state index is 0.238. The van der Waals surface area contributed by atoms with Crippen LogP contribution in [-0.2, 0) is 7.05 Å². The summed E-state index contributed by atoms with van der Waals surface area (Å²) in [6.07, 6.45) is 1.03. The molecule has 0 spiro atoms. The summed E-state index contributed by atoms with van der Waals surface area (Å²) in [6, 6.07) is 10.6. The molecule has 1 aliphatic carbocycles. The second-order valence-electron chi connectivity index (χ2n) is 8.36. The lowest BCUT2D eigenvalue weighted by atomic mass is 10.2. The average molecular weight is 403 g/mol. The van der Waals surface area contributed by atoms with Crippen LogP contribution in [0.1, 0.15) is 55.3 Å². The Kier molecular flexibility index (Phi) is 4.30. The fourth-order valence-electron chi connectivity index (χ4n) is 4.11. The Balaban J connectivity index is 1.53. The van der Waals surface area contributed by atoms with Crippen molar-refractivity contribution in [2.45, 2.75) is 52.0 Å². The maximum Gasteiger partial charge on any atom is 0.225 e. The van der Waals surface area contributed by atoms with Gasteiger partial charge in [0.1, 0.15) is 17.5 Å². The second-order valence-corrected chi connectivity index (χ2v) is 8.36. The molecule has 8 heteroatoms. The summed E-state index contributed by atoms with van der Waals surface area (Å²) in [5.74, 6) is 4.71. The van der Waals surface area contributed by atoms with Gasteiger partial charge < -0.3 is 9.88 Å². The molecule has 154 valence electrons. The van der Waals surface area contributed by atoms with Crippen LogP contribution in [0.5, 0.6) is 0 Å². The molecule has 8 nitrogen and oxygen atoms in total. The Morgan fingerprint density at radius 3 is 2.53 bits per heavy atom. The lowest BCUT2D eigenvalue weighted by molar-refractivity contribution is 0.772. The molecule has 0 saturated heterocycles. The van der Waals surface area contributed by atoms with Crippen LogP contribution in [0.3, 0.4) is 0 Å². The van der Waals surface area contributed by atoms with Gasteiger partial charge in [-0.2, -0.15) is 9.67 Å². The van der Waals surface area contributed by atoms with Gasteiger partial charge in [0, 0.05) is 31.0 Å². The third-order valence-electron chi connectivity index (χ3n) is 5.57. The van der Waals surface area contributed by atoms with Gasteiger partial charge in [0.25, 0.3) is 0 Å². The minimum atomic E-state index is 0.238. The number of anilines is 1. The van der Waals surface area contributed by atoms with Crippen LogP contribution in [0.4, 0.5) is 5.95 Å². The van der Waals surface area contributed by atoms with Crippen molar-refractivity contribution in [3.8, 4) is 5.82 Å². The van der Waals surface area contributed by atoms with Crippen LogP contribution in [0.15, 0.2) is 30.3 Å². The van der Waals surface area contributed by atoms with E-state index >= 15 is 0 Å². The third-order valence-corrected chi connectivity index (χ3v) is 5.57. The molecule has 0 amide bonds. The molecule has 3 aromatic heterocycles. The zero-order valence-corrected chi connectivity index (χ0v) is 18.0. The van der Waals surface area contributed by atoms with Crippen LogP contribution < -0.4 is 5.32 Å². The first-order valence-electron chi connectivity index (χ1n) is 10.4. The van der Waals surface area contributed by atoms with E-state index in [-0.39, 0.29) is 6.04 Å². The maximum atomic E-state index is 4.90. The number of aromatic nitrogens is 7. The molecule has 4 aromatic rings. The van der Waals surface area contributed by atoms with Crippen molar-refractivity contribution in [2.24, 2.45) is 7.05 Å². The SMILES string of the molecule is Cc1nc(C)n(-c2cc([C@@H]3C[C@H]3c3nc4ccccc4n3C)nc(NC(C)C)n2)n1. The van der Waals surface area contributed by atoms with Crippen LogP contribution in [0.2, 0.25) is 0 Å². The van der Waals surface area contributed by atoms with E-state index in [1.165, 1.54) is 0 Å². The summed E-state index contributed by atoms with van der Waals surface area (Å²) in [7, 11) is 2.10. The number of fused-ring (bicyclic) bond motifs is 1. The fourth-order valence-corrected chi connectivity index (χ4v) is 4.11. The summed E-state index contributed by atoms with van der Waals surface area (Å²) in [5, 5.41) is 7.86. The molecular formula is C22H26N8. The van der Waals surface area contributed by atoms with Gasteiger partial charge in [-0.15, -0.1) is 5.10 Å². The molecule has 2 atom stereocenters. The standard InChI is InChI=1S/C22H26N8/c1-12(2)23-22-26-18(11-20(27-22)30-14(4)24-13(3)28-30)15-10-16(15)21-25-17-8-6-7-9-19(17)29(21)5/h6-9,11-12,15-16H,10H2,1-5H3,(H,23,26,27)/t15-,16-/m1/s1. The molecule has 0 bridgehead atoms. The maximum absolute atomic E-state index is 4.90. The summed E-state index contributed by atoms with van der Waals surface area (Å²) in [6.45, 7) is 8.00. The number of benzene rings is 1. The summed E-state index contributed by atoms with van der Waals surface area (Å²) >= 11 is 0. The number of imidazole rings is 1. The molecule has 1 N–H and O–H groups in total. The number of rotatable bonds is 5. The number of hydrogen-bond donors (Lipinski definition) is 1. The lowest BCUT2D eigenvalue weighted by Gasteiger charge is -2.12. The molecule has 1 saturated carbocycles. The fraction of sp³-hybridized carbons (Fsp3) is 0.409. The van der Waals surface area contributed by atoms with Gasteiger partial charge in [-0.05, 0) is 46.2 Å². The van der Waals surface area contributed by atoms with Crippen LogP contribution >= 0.6 is 0 Å². The Morgan fingerprint density at radius 1 is 1.03 bits per heavy atom. The van der Waals surface area contributed by atoms with E-state index in [2.05, 4.69) is 59.1 Å². The normalized spacial score (nSPS) is 18.3. The van der Waals surface area contributed by atoms with E-state index < -0.39 is 0 Å². The average Bonchev–Trinajstić information content (AvgIpc) is 3.32. The molecule has 1 aromatic carbocycles. The molecule has 0 radical (unpaired) electrons. The van der Waals surface area contributed by atoms with Crippen molar-refractivity contribution in [3.05, 3.63) is 53.5 Å². The van der Waals surface area contributed by atoms with E-state index in [0.717, 1.165) is 46.4 Å². The topological polar surface area (TPSA) is 86.3 Å². The first-order chi connectivity index (χ1) is 14.4. The van der Waals surface area contributed by atoms with Crippen molar-refractivity contribution in [2.75, 3.05) is 5.32 Å². The van der Waals surface area contributed by atoms with Crippen LogP contribution in [0.25, 0.3) is 16.9 Å². The van der Waals surface area contributed by atoms with Crippen molar-refractivity contribution in [1.29, 1.82) is 0 Å². The Morgan fingerprint density at radius 2 is 1.83 bits per heavy atom. The van der Waals surface area contributed by atoms with Crippen molar-refractivity contribution in [1.82, 2.24) is 34.3 Å². The number of hydrogen-bond acceptors (Lipinski definition) is 6. The highest BCUT2D eigenvalue weighted by atomic mass is 15.4. The zero-order valence-electron chi connectivity index (χ0n) is 18.0. The lowest BCUT2D eigenvalue weighted by Crippen LogP contribution is -2.15.